The van der Waals surface area contributed by atoms with Gasteiger partial charge in [-0.05, 0) is 31.2 Å². The molecular formula is C15H20Cl2F3N5O2. The number of alkyl halides is 3. The number of carbonyl (C=O) groups excluding carboxylic acids is 1. The van der Waals surface area contributed by atoms with Gasteiger partial charge in [0.15, 0.2) is 5.96 Å². The molecule has 0 aliphatic carbocycles. The minimum absolute atomic E-state index is 0. The number of halogens is 5. The summed E-state index contributed by atoms with van der Waals surface area (Å²) < 4.78 is 45.2. The first-order valence-electron chi connectivity index (χ1n) is 7.34. The van der Waals surface area contributed by atoms with E-state index in [0.717, 1.165) is 17.0 Å². The lowest BCUT2D eigenvalue weighted by atomic mass is 10.1. The molecule has 1 aromatic carbocycles. The van der Waals surface area contributed by atoms with E-state index in [2.05, 4.69) is 4.98 Å². The average molecular weight is 430 g/mol. The van der Waals surface area contributed by atoms with Crippen LogP contribution < -0.4 is 16.2 Å². The maximum Gasteiger partial charge on any atom is 0.417 e. The minimum Gasteiger partial charge on any atom is -0.491 e. The van der Waals surface area contributed by atoms with E-state index in [1.165, 1.54) is 13.1 Å². The third kappa shape index (κ3) is 5.41. The Hall–Kier alpha value is -2.17. The van der Waals surface area contributed by atoms with Crippen molar-refractivity contribution in [2.45, 2.75) is 12.6 Å². The van der Waals surface area contributed by atoms with E-state index in [0.29, 0.717) is 13.0 Å². The number of aromatic amines is 1. The van der Waals surface area contributed by atoms with Gasteiger partial charge in [-0.25, -0.2) is 0 Å². The van der Waals surface area contributed by atoms with Crippen LogP contribution >= 0.6 is 24.8 Å². The van der Waals surface area contributed by atoms with Crippen molar-refractivity contribution in [2.24, 2.45) is 11.5 Å². The Bertz CT molecular complexity index is 811. The Morgan fingerprint density at radius 3 is 2.48 bits per heavy atom. The molecular weight excluding hydrogens is 410 g/mol. The van der Waals surface area contributed by atoms with Crippen LogP contribution in [0, 0.1) is 5.41 Å². The summed E-state index contributed by atoms with van der Waals surface area (Å²) >= 11 is 0. The summed E-state index contributed by atoms with van der Waals surface area (Å²) in [6.07, 6.45) is -4.06. The number of hydrogen-bond donors (Lipinski definition) is 4. The number of carbonyl (C=O) groups is 1. The smallest absolute Gasteiger partial charge is 0.417 e. The van der Waals surface area contributed by atoms with E-state index in [1.54, 1.807) is 0 Å². The number of guanidine groups is 1. The van der Waals surface area contributed by atoms with Crippen LogP contribution in [-0.2, 0) is 6.18 Å². The number of H-pyrrole nitrogens is 1. The molecule has 0 fully saturated rings. The molecule has 2 aromatic rings. The van der Waals surface area contributed by atoms with Crippen LogP contribution in [0.5, 0.6) is 5.75 Å². The molecule has 0 saturated carbocycles. The second-order valence-corrected chi connectivity index (χ2v) is 5.32. The van der Waals surface area contributed by atoms with E-state index in [9.17, 15) is 18.0 Å². The molecule has 0 aliphatic rings. The van der Waals surface area contributed by atoms with Crippen molar-refractivity contribution in [1.29, 1.82) is 5.41 Å². The van der Waals surface area contributed by atoms with Crippen molar-refractivity contribution in [1.82, 2.24) is 9.88 Å². The van der Waals surface area contributed by atoms with Gasteiger partial charge in [0, 0.05) is 12.4 Å². The van der Waals surface area contributed by atoms with Crippen molar-refractivity contribution >= 4 is 47.6 Å². The topological polar surface area (TPSA) is 121 Å². The normalized spacial score (nSPS) is 10.7. The number of amides is 1. The first-order valence-corrected chi connectivity index (χ1v) is 7.34. The van der Waals surface area contributed by atoms with Gasteiger partial charge in [-0.1, -0.05) is 0 Å². The van der Waals surface area contributed by atoms with Crippen LogP contribution in [0.3, 0.4) is 0 Å². The Balaban J connectivity index is 0.00000338. The second kappa shape index (κ2) is 9.67. The fourth-order valence-electron chi connectivity index (χ4n) is 2.23. The standard InChI is InChI=1S/C15H18F3N5O2.2ClH/c1-23(14(20)21)13(24)10-7-8-9(15(16,17)18)3-4-11(12(8)22-10)25-6-2-5-19;;/h3-4,7,22H,2,5-6,19H2,1H3,(H3,20,21);2*1H. The zero-order valence-corrected chi connectivity index (χ0v) is 15.9. The quantitative estimate of drug-likeness (QED) is 0.331. The molecule has 0 aliphatic heterocycles. The molecule has 6 N–H and O–H groups in total. The van der Waals surface area contributed by atoms with Gasteiger partial charge < -0.3 is 21.2 Å². The SMILES string of the molecule is CN(C(=N)N)C(=O)c1cc2c(C(F)(F)F)ccc(OCCCN)c2[nH]1.Cl.Cl. The second-order valence-electron chi connectivity index (χ2n) is 5.32. The highest BCUT2D eigenvalue weighted by molar-refractivity contribution is 6.06. The number of nitrogens with two attached hydrogens (primary N) is 2. The largest absolute Gasteiger partial charge is 0.491 e. The van der Waals surface area contributed by atoms with Gasteiger partial charge in [0.05, 0.1) is 17.7 Å². The summed E-state index contributed by atoms with van der Waals surface area (Å²) in [5.41, 5.74) is 9.63. The Kier molecular flexibility index (Phi) is 8.90. The molecule has 2 rings (SSSR count). The number of nitrogens with zero attached hydrogens (tertiary/aromatic N) is 1. The minimum atomic E-state index is -4.59. The monoisotopic (exact) mass is 429 g/mol. The highest BCUT2D eigenvalue weighted by Gasteiger charge is 2.34. The van der Waals surface area contributed by atoms with Crippen LogP contribution in [0.25, 0.3) is 10.9 Å². The first-order chi connectivity index (χ1) is 11.7. The van der Waals surface area contributed by atoms with Crippen molar-refractivity contribution in [2.75, 3.05) is 20.2 Å². The summed E-state index contributed by atoms with van der Waals surface area (Å²) in [6.45, 7) is 0.605. The molecule has 1 amide bonds. The van der Waals surface area contributed by atoms with E-state index in [1.807, 2.05) is 0 Å². The molecule has 27 heavy (non-hydrogen) atoms. The van der Waals surface area contributed by atoms with Gasteiger partial charge in [0.1, 0.15) is 11.4 Å². The fourth-order valence-corrected chi connectivity index (χ4v) is 2.23. The molecule has 7 nitrogen and oxygen atoms in total. The molecule has 152 valence electrons. The van der Waals surface area contributed by atoms with Crippen molar-refractivity contribution in [3.05, 3.63) is 29.5 Å². The highest BCUT2D eigenvalue weighted by Crippen LogP contribution is 2.38. The highest BCUT2D eigenvalue weighted by atomic mass is 35.5. The predicted octanol–water partition coefficient (Wildman–Crippen LogP) is 2.72. The van der Waals surface area contributed by atoms with Gasteiger partial charge in [-0.2, -0.15) is 13.2 Å². The molecule has 0 saturated heterocycles. The molecule has 0 radical (unpaired) electrons. The molecule has 1 heterocycles. The molecule has 1 aromatic heterocycles. The van der Waals surface area contributed by atoms with Gasteiger partial charge >= 0.3 is 6.18 Å². The van der Waals surface area contributed by atoms with Crippen molar-refractivity contribution in [3.63, 3.8) is 0 Å². The molecule has 0 bridgehead atoms. The molecule has 12 heteroatoms. The third-order valence-corrected chi connectivity index (χ3v) is 3.56. The van der Waals surface area contributed by atoms with E-state index in [4.69, 9.17) is 21.6 Å². The lowest BCUT2D eigenvalue weighted by Gasteiger charge is -2.12. The zero-order valence-electron chi connectivity index (χ0n) is 14.2. The number of aromatic nitrogens is 1. The van der Waals surface area contributed by atoms with Gasteiger partial charge in [-0.15, -0.1) is 24.8 Å². The summed E-state index contributed by atoms with van der Waals surface area (Å²) in [7, 11) is 1.25. The van der Waals surface area contributed by atoms with Crippen LogP contribution in [0.15, 0.2) is 18.2 Å². The zero-order chi connectivity index (χ0) is 18.8. The Morgan fingerprint density at radius 2 is 1.96 bits per heavy atom. The van der Waals surface area contributed by atoms with Crippen molar-refractivity contribution in [3.8, 4) is 5.75 Å². The number of benzene rings is 1. The number of nitrogens with one attached hydrogen (secondary N) is 2. The average Bonchev–Trinajstić information content (AvgIpc) is 2.97. The first kappa shape index (κ1) is 24.8. The van der Waals surface area contributed by atoms with Crippen LogP contribution in [0.1, 0.15) is 22.5 Å². The summed E-state index contributed by atoms with van der Waals surface area (Å²) in [5.74, 6) is -1.08. The lowest BCUT2D eigenvalue weighted by molar-refractivity contribution is -0.136. The van der Waals surface area contributed by atoms with Crippen LogP contribution in [0.2, 0.25) is 0 Å². The van der Waals surface area contributed by atoms with Gasteiger partial charge in [0.25, 0.3) is 5.91 Å². The number of ether oxygens (including phenoxy) is 1. The molecule has 0 spiro atoms. The number of rotatable bonds is 5. The third-order valence-electron chi connectivity index (χ3n) is 3.56. The molecule has 0 unspecified atom stereocenters. The maximum atomic E-state index is 13.2. The Morgan fingerprint density at radius 1 is 1.33 bits per heavy atom. The fraction of sp³-hybridized carbons (Fsp3) is 0.333. The number of fused-ring (bicyclic) bond motifs is 1. The summed E-state index contributed by atoms with van der Waals surface area (Å²) in [6, 6.07) is 3.17. The predicted molar refractivity (Wildman–Crippen MR) is 101 cm³/mol. The van der Waals surface area contributed by atoms with Gasteiger partial charge in [0.2, 0.25) is 0 Å². The van der Waals surface area contributed by atoms with Crippen LogP contribution in [0.4, 0.5) is 13.2 Å². The lowest BCUT2D eigenvalue weighted by Crippen LogP contribution is -2.38. The van der Waals surface area contributed by atoms with E-state index in [-0.39, 0.29) is 53.8 Å². The van der Waals surface area contributed by atoms with Crippen LogP contribution in [-0.4, -0.2) is 41.9 Å². The summed E-state index contributed by atoms with van der Waals surface area (Å²) in [5, 5.41) is 7.07. The number of hydrogen-bond acceptors (Lipinski definition) is 4. The Labute approximate surface area is 165 Å². The van der Waals surface area contributed by atoms with Gasteiger partial charge in [-0.3, -0.25) is 15.1 Å². The van der Waals surface area contributed by atoms with E-state index < -0.39 is 23.6 Å². The molecule has 0 atom stereocenters. The maximum absolute atomic E-state index is 13.2. The van der Waals surface area contributed by atoms with Crippen molar-refractivity contribution < 1.29 is 22.7 Å². The summed E-state index contributed by atoms with van der Waals surface area (Å²) in [4.78, 5) is 15.7. The van der Waals surface area contributed by atoms with E-state index >= 15 is 0 Å².